The largest absolute Gasteiger partial charge is 0.480 e. The summed E-state index contributed by atoms with van der Waals surface area (Å²) in [5.41, 5.74) is 2.71. The van der Waals surface area contributed by atoms with E-state index in [9.17, 15) is 4.79 Å². The molecular weight excluding hydrogens is 252 g/mol. The molecule has 1 aliphatic heterocycles. The lowest BCUT2D eigenvalue weighted by molar-refractivity contribution is -0.138. The van der Waals surface area contributed by atoms with Crippen molar-refractivity contribution in [2.24, 2.45) is 0 Å². The molecule has 0 radical (unpaired) electrons. The van der Waals surface area contributed by atoms with Crippen LogP contribution >= 0.6 is 0 Å². The maximum Gasteiger partial charge on any atom is 0.317 e. The Labute approximate surface area is 121 Å². The predicted octanol–water partition coefficient (Wildman–Crippen LogP) is 2.01. The van der Waals surface area contributed by atoms with Crippen LogP contribution < -0.4 is 0 Å². The molecule has 4 nitrogen and oxygen atoms in total. The summed E-state index contributed by atoms with van der Waals surface area (Å²) < 4.78 is 0. The summed E-state index contributed by atoms with van der Waals surface area (Å²) >= 11 is 0. The van der Waals surface area contributed by atoms with Gasteiger partial charge in [-0.05, 0) is 17.0 Å². The Morgan fingerprint density at radius 3 is 2.15 bits per heavy atom. The van der Waals surface area contributed by atoms with Crippen molar-refractivity contribution in [3.05, 3.63) is 35.4 Å². The molecule has 1 aliphatic rings. The van der Waals surface area contributed by atoms with Gasteiger partial charge >= 0.3 is 5.97 Å². The Kier molecular flexibility index (Phi) is 5.15. The van der Waals surface area contributed by atoms with E-state index in [1.54, 1.807) is 0 Å². The van der Waals surface area contributed by atoms with E-state index >= 15 is 0 Å². The van der Waals surface area contributed by atoms with Gasteiger partial charge in [-0.15, -0.1) is 0 Å². The molecule has 1 N–H and O–H groups in total. The SMILES string of the molecule is CC(C)c1ccc(CN2CCN(CC(=O)O)CC2)cc1. The summed E-state index contributed by atoms with van der Waals surface area (Å²) in [4.78, 5) is 15.1. The molecule has 1 heterocycles. The van der Waals surface area contributed by atoms with Crippen LogP contribution in [0.1, 0.15) is 30.9 Å². The standard InChI is InChI=1S/C16H24N2O2/c1-13(2)15-5-3-14(4-6-15)11-17-7-9-18(10-8-17)12-16(19)20/h3-6,13H,7-12H2,1-2H3,(H,19,20). The predicted molar refractivity (Wildman–Crippen MR) is 79.9 cm³/mol. The molecule has 2 rings (SSSR count). The monoisotopic (exact) mass is 276 g/mol. The molecule has 20 heavy (non-hydrogen) atoms. The topological polar surface area (TPSA) is 43.8 Å². The minimum Gasteiger partial charge on any atom is -0.480 e. The highest BCUT2D eigenvalue weighted by Gasteiger charge is 2.18. The van der Waals surface area contributed by atoms with Gasteiger partial charge in [0.1, 0.15) is 0 Å². The Morgan fingerprint density at radius 1 is 1.10 bits per heavy atom. The van der Waals surface area contributed by atoms with Crippen LogP contribution in [0.25, 0.3) is 0 Å². The fourth-order valence-electron chi connectivity index (χ4n) is 2.56. The van der Waals surface area contributed by atoms with E-state index in [0.717, 1.165) is 32.7 Å². The van der Waals surface area contributed by atoms with Crippen LogP contribution in [0, 0.1) is 0 Å². The highest BCUT2D eigenvalue weighted by atomic mass is 16.4. The number of rotatable bonds is 5. The molecule has 1 fully saturated rings. The number of piperazine rings is 1. The molecule has 0 unspecified atom stereocenters. The first-order valence-corrected chi connectivity index (χ1v) is 7.30. The number of hydrogen-bond acceptors (Lipinski definition) is 3. The number of benzene rings is 1. The van der Waals surface area contributed by atoms with E-state index in [0.29, 0.717) is 5.92 Å². The molecule has 0 saturated carbocycles. The van der Waals surface area contributed by atoms with Crippen molar-refractivity contribution in [2.45, 2.75) is 26.3 Å². The smallest absolute Gasteiger partial charge is 0.317 e. The first kappa shape index (κ1) is 15.0. The molecule has 110 valence electrons. The van der Waals surface area contributed by atoms with Gasteiger partial charge in [0, 0.05) is 32.7 Å². The van der Waals surface area contributed by atoms with Gasteiger partial charge in [0.15, 0.2) is 0 Å². The van der Waals surface area contributed by atoms with Crippen LogP contribution in [0.3, 0.4) is 0 Å². The summed E-state index contributed by atoms with van der Waals surface area (Å²) in [6, 6.07) is 8.83. The van der Waals surface area contributed by atoms with Crippen LogP contribution in [-0.2, 0) is 11.3 Å². The van der Waals surface area contributed by atoms with Crippen molar-refractivity contribution < 1.29 is 9.90 Å². The average molecular weight is 276 g/mol. The molecule has 0 aromatic heterocycles. The number of carboxylic acids is 1. The summed E-state index contributed by atoms with van der Waals surface area (Å²) in [5, 5.41) is 8.78. The van der Waals surface area contributed by atoms with Gasteiger partial charge in [-0.3, -0.25) is 14.6 Å². The number of aliphatic carboxylic acids is 1. The number of carbonyl (C=O) groups is 1. The lowest BCUT2D eigenvalue weighted by Crippen LogP contribution is -2.47. The van der Waals surface area contributed by atoms with Gasteiger partial charge in [-0.2, -0.15) is 0 Å². The van der Waals surface area contributed by atoms with E-state index in [1.807, 2.05) is 4.90 Å². The molecule has 0 aliphatic carbocycles. The van der Waals surface area contributed by atoms with Crippen LogP contribution in [0.4, 0.5) is 0 Å². The molecule has 0 bridgehead atoms. The maximum atomic E-state index is 10.7. The Hall–Kier alpha value is -1.39. The highest BCUT2D eigenvalue weighted by Crippen LogP contribution is 2.16. The van der Waals surface area contributed by atoms with Crippen LogP contribution in [0.15, 0.2) is 24.3 Å². The van der Waals surface area contributed by atoms with Crippen molar-refractivity contribution >= 4 is 5.97 Å². The lowest BCUT2D eigenvalue weighted by Gasteiger charge is -2.33. The Balaban J connectivity index is 1.81. The van der Waals surface area contributed by atoms with Crippen molar-refractivity contribution in [1.82, 2.24) is 9.80 Å². The third-order valence-electron chi connectivity index (χ3n) is 3.88. The van der Waals surface area contributed by atoms with Gasteiger partial charge in [0.25, 0.3) is 0 Å². The summed E-state index contributed by atoms with van der Waals surface area (Å²) in [7, 11) is 0. The minimum absolute atomic E-state index is 0.164. The molecule has 0 spiro atoms. The molecule has 4 heteroatoms. The third kappa shape index (κ3) is 4.32. The van der Waals surface area contributed by atoms with Crippen molar-refractivity contribution in [1.29, 1.82) is 0 Å². The first-order chi connectivity index (χ1) is 9.54. The number of nitrogens with zero attached hydrogens (tertiary/aromatic N) is 2. The van der Waals surface area contributed by atoms with Crippen molar-refractivity contribution in [2.75, 3.05) is 32.7 Å². The molecule has 0 atom stereocenters. The highest BCUT2D eigenvalue weighted by molar-refractivity contribution is 5.69. The van der Waals surface area contributed by atoms with Gasteiger partial charge in [0.05, 0.1) is 6.54 Å². The van der Waals surface area contributed by atoms with E-state index in [4.69, 9.17) is 5.11 Å². The molecule has 1 aromatic carbocycles. The first-order valence-electron chi connectivity index (χ1n) is 7.30. The summed E-state index contributed by atoms with van der Waals surface area (Å²) in [6.45, 7) is 9.11. The van der Waals surface area contributed by atoms with Gasteiger partial charge < -0.3 is 5.11 Å². The lowest BCUT2D eigenvalue weighted by atomic mass is 10.0. The average Bonchev–Trinajstić information content (AvgIpc) is 2.41. The van der Waals surface area contributed by atoms with Gasteiger partial charge in [-0.1, -0.05) is 38.1 Å². The molecular formula is C16H24N2O2. The quantitative estimate of drug-likeness (QED) is 0.893. The maximum absolute atomic E-state index is 10.7. The second-order valence-electron chi connectivity index (χ2n) is 5.84. The molecule has 1 saturated heterocycles. The second-order valence-corrected chi connectivity index (χ2v) is 5.84. The van der Waals surface area contributed by atoms with Crippen LogP contribution in [0.5, 0.6) is 0 Å². The van der Waals surface area contributed by atoms with Crippen LogP contribution in [0.2, 0.25) is 0 Å². The number of hydrogen-bond donors (Lipinski definition) is 1. The normalized spacial score (nSPS) is 17.6. The second kappa shape index (κ2) is 6.86. The van der Waals surface area contributed by atoms with Crippen molar-refractivity contribution in [3.8, 4) is 0 Å². The van der Waals surface area contributed by atoms with Gasteiger partial charge in [0.2, 0.25) is 0 Å². The van der Waals surface area contributed by atoms with E-state index in [1.165, 1.54) is 11.1 Å². The van der Waals surface area contributed by atoms with Crippen LogP contribution in [-0.4, -0.2) is 53.6 Å². The minimum atomic E-state index is -0.734. The van der Waals surface area contributed by atoms with Gasteiger partial charge in [-0.25, -0.2) is 0 Å². The zero-order valence-corrected chi connectivity index (χ0v) is 12.4. The van der Waals surface area contributed by atoms with E-state index < -0.39 is 5.97 Å². The zero-order valence-electron chi connectivity index (χ0n) is 12.4. The fourth-order valence-corrected chi connectivity index (χ4v) is 2.56. The van der Waals surface area contributed by atoms with E-state index in [-0.39, 0.29) is 6.54 Å². The third-order valence-corrected chi connectivity index (χ3v) is 3.88. The van der Waals surface area contributed by atoms with Crippen molar-refractivity contribution in [3.63, 3.8) is 0 Å². The van der Waals surface area contributed by atoms with E-state index in [2.05, 4.69) is 43.0 Å². The zero-order chi connectivity index (χ0) is 14.5. The Morgan fingerprint density at radius 2 is 1.65 bits per heavy atom. The number of carboxylic acid groups (broad SMARTS) is 1. The molecule has 0 amide bonds. The Bertz CT molecular complexity index is 434. The fraction of sp³-hybridized carbons (Fsp3) is 0.562. The molecule has 1 aromatic rings. The summed E-state index contributed by atoms with van der Waals surface area (Å²) in [5.74, 6) is -0.161. The summed E-state index contributed by atoms with van der Waals surface area (Å²) in [6.07, 6.45) is 0.